The van der Waals surface area contributed by atoms with Gasteiger partial charge in [0, 0.05) is 12.6 Å². The second-order valence-electron chi connectivity index (χ2n) is 3.36. The van der Waals surface area contributed by atoms with Gasteiger partial charge in [-0.3, -0.25) is 15.6 Å². The molecule has 5 N–H and O–H groups in total. The van der Waals surface area contributed by atoms with Crippen LogP contribution in [0.5, 0.6) is 0 Å². The van der Waals surface area contributed by atoms with Crippen LogP contribution < -0.4 is 16.5 Å². The molecule has 1 aromatic carbocycles. The molecule has 92 valence electrons. The highest BCUT2D eigenvalue weighted by Crippen LogP contribution is 2.14. The Kier molecular flexibility index (Phi) is 4.40. The van der Waals surface area contributed by atoms with E-state index < -0.39 is 5.84 Å². The van der Waals surface area contributed by atoms with Crippen molar-refractivity contribution in [1.82, 2.24) is 0 Å². The van der Waals surface area contributed by atoms with Gasteiger partial charge in [0.15, 0.2) is 5.84 Å². The van der Waals surface area contributed by atoms with Crippen molar-refractivity contribution in [2.24, 2.45) is 10.8 Å². The average molecular weight is 244 g/mol. The van der Waals surface area contributed by atoms with Crippen molar-refractivity contribution in [3.05, 3.63) is 24.3 Å². The Balaban J connectivity index is 2.83. The number of hydrogen-bond donors (Lipinski definition) is 4. The summed E-state index contributed by atoms with van der Waals surface area (Å²) in [5, 5.41) is 22.0. The molecule has 0 unspecified atom stereocenters. The summed E-state index contributed by atoms with van der Waals surface area (Å²) in [6, 6.07) is 8.45. The van der Waals surface area contributed by atoms with Crippen molar-refractivity contribution >= 4 is 28.8 Å². The number of carbonyl (C=O) groups is 1. The summed E-state index contributed by atoms with van der Waals surface area (Å²) in [6.45, 7) is 1.40. The summed E-state index contributed by atoms with van der Waals surface area (Å²) in [5.74, 6) is -0.597. The molecule has 0 atom stereocenters. The third-order valence-corrected chi connectivity index (χ3v) is 1.84. The van der Waals surface area contributed by atoms with Gasteiger partial charge in [0.05, 0.1) is 5.69 Å². The smallest absolute Gasteiger partial charge is 0.221 e. The van der Waals surface area contributed by atoms with E-state index in [-0.39, 0.29) is 11.6 Å². The fourth-order valence-electron chi connectivity index (χ4n) is 1.14. The summed E-state index contributed by atoms with van der Waals surface area (Å²) in [7, 11) is 0. The Morgan fingerprint density at radius 1 is 1.50 bits per heavy atom. The average Bonchev–Trinajstić information content (AvgIpc) is 2.29. The van der Waals surface area contributed by atoms with E-state index in [1.54, 1.807) is 30.3 Å². The number of hydrazone groups is 1. The topological polar surface area (TPSA) is 127 Å². The summed E-state index contributed by atoms with van der Waals surface area (Å²) >= 11 is 0. The first kappa shape index (κ1) is 13.2. The quantitative estimate of drug-likeness (QED) is 0.356. The number of hydrogen-bond acceptors (Lipinski definition) is 5. The highest BCUT2D eigenvalue weighted by Gasteiger charge is 2.01. The Morgan fingerprint density at radius 3 is 2.72 bits per heavy atom. The SMILES string of the molecule is CC(=O)Nc1cccc(N/N=C(\C#N)C(=N)N)c1. The van der Waals surface area contributed by atoms with Gasteiger partial charge in [-0.25, -0.2) is 0 Å². The highest BCUT2D eigenvalue weighted by molar-refractivity contribution is 6.45. The maximum atomic E-state index is 10.9. The molecule has 0 heterocycles. The molecule has 1 rings (SSSR count). The minimum Gasteiger partial charge on any atom is -0.382 e. The largest absolute Gasteiger partial charge is 0.382 e. The molecule has 0 aromatic heterocycles. The zero-order valence-electron chi connectivity index (χ0n) is 9.69. The van der Waals surface area contributed by atoms with Gasteiger partial charge in [0.1, 0.15) is 6.07 Å². The van der Waals surface area contributed by atoms with Crippen molar-refractivity contribution in [3.8, 4) is 6.07 Å². The van der Waals surface area contributed by atoms with E-state index >= 15 is 0 Å². The lowest BCUT2D eigenvalue weighted by atomic mass is 10.3. The fraction of sp³-hybridized carbons (Fsp3) is 0.0909. The summed E-state index contributed by atoms with van der Waals surface area (Å²) in [5.41, 5.74) is 8.68. The Bertz CT molecular complexity index is 543. The second kappa shape index (κ2) is 6.00. The lowest BCUT2D eigenvalue weighted by Gasteiger charge is -2.05. The van der Waals surface area contributed by atoms with Gasteiger partial charge in [0.2, 0.25) is 11.6 Å². The van der Waals surface area contributed by atoms with E-state index in [0.717, 1.165) is 0 Å². The second-order valence-corrected chi connectivity index (χ2v) is 3.36. The number of nitrogens with one attached hydrogen (secondary N) is 3. The first-order valence-corrected chi connectivity index (χ1v) is 4.98. The van der Waals surface area contributed by atoms with Crippen molar-refractivity contribution in [3.63, 3.8) is 0 Å². The van der Waals surface area contributed by atoms with E-state index in [2.05, 4.69) is 15.8 Å². The van der Waals surface area contributed by atoms with Crippen LogP contribution in [0.4, 0.5) is 11.4 Å². The molecule has 0 aliphatic carbocycles. The van der Waals surface area contributed by atoms with Crippen molar-refractivity contribution < 1.29 is 4.79 Å². The van der Waals surface area contributed by atoms with Crippen LogP contribution in [0.15, 0.2) is 29.4 Å². The molecular formula is C11H12N6O. The third kappa shape index (κ3) is 3.94. The minimum absolute atomic E-state index is 0.183. The highest BCUT2D eigenvalue weighted by atomic mass is 16.1. The van der Waals surface area contributed by atoms with Gasteiger partial charge in [-0.05, 0) is 18.2 Å². The van der Waals surface area contributed by atoms with Crippen molar-refractivity contribution in [1.29, 1.82) is 10.7 Å². The molecule has 1 aromatic rings. The molecule has 0 aliphatic rings. The zero-order valence-corrected chi connectivity index (χ0v) is 9.69. The number of rotatable bonds is 4. The van der Waals surface area contributed by atoms with Gasteiger partial charge in [0.25, 0.3) is 0 Å². The van der Waals surface area contributed by atoms with Crippen molar-refractivity contribution in [2.45, 2.75) is 6.92 Å². The first-order chi connectivity index (χ1) is 8.52. The first-order valence-electron chi connectivity index (χ1n) is 4.98. The van der Waals surface area contributed by atoms with Gasteiger partial charge in [-0.15, -0.1) is 0 Å². The van der Waals surface area contributed by atoms with E-state index in [1.807, 2.05) is 0 Å². The number of carbonyl (C=O) groups excluding carboxylic acids is 1. The maximum absolute atomic E-state index is 10.9. The van der Waals surface area contributed by atoms with Gasteiger partial charge >= 0.3 is 0 Å². The zero-order chi connectivity index (χ0) is 13.5. The van der Waals surface area contributed by atoms with Gasteiger partial charge < -0.3 is 11.1 Å². The van der Waals surface area contributed by atoms with E-state index in [4.69, 9.17) is 16.4 Å². The van der Waals surface area contributed by atoms with Crippen LogP contribution in [-0.4, -0.2) is 17.5 Å². The van der Waals surface area contributed by atoms with E-state index in [9.17, 15) is 4.79 Å². The monoisotopic (exact) mass is 244 g/mol. The predicted molar refractivity (Wildman–Crippen MR) is 69.3 cm³/mol. The molecule has 0 spiro atoms. The number of anilines is 2. The Labute approximate surface area is 104 Å². The van der Waals surface area contributed by atoms with Crippen molar-refractivity contribution in [2.75, 3.05) is 10.7 Å². The molecule has 0 saturated heterocycles. The fourth-order valence-corrected chi connectivity index (χ4v) is 1.14. The molecule has 0 saturated carbocycles. The predicted octanol–water partition coefficient (Wildman–Crippen LogP) is 0.872. The normalized spacial score (nSPS) is 10.3. The molecule has 0 radical (unpaired) electrons. The number of nitrogens with two attached hydrogens (primary N) is 1. The van der Waals surface area contributed by atoms with E-state index in [0.29, 0.717) is 11.4 Å². The van der Waals surface area contributed by atoms with Crippen LogP contribution in [0, 0.1) is 16.7 Å². The lowest BCUT2D eigenvalue weighted by Crippen LogP contribution is -2.21. The maximum Gasteiger partial charge on any atom is 0.221 e. The molecule has 7 heteroatoms. The van der Waals surface area contributed by atoms with Crippen LogP contribution in [0.1, 0.15) is 6.92 Å². The molecule has 0 bridgehead atoms. The molecule has 18 heavy (non-hydrogen) atoms. The number of benzene rings is 1. The van der Waals surface area contributed by atoms with Gasteiger partial charge in [-0.1, -0.05) is 6.07 Å². The van der Waals surface area contributed by atoms with Crippen LogP contribution in [-0.2, 0) is 4.79 Å². The number of amidine groups is 1. The van der Waals surface area contributed by atoms with Crippen LogP contribution in [0.2, 0.25) is 0 Å². The Morgan fingerprint density at radius 2 is 2.17 bits per heavy atom. The molecule has 0 aliphatic heterocycles. The molecule has 7 nitrogen and oxygen atoms in total. The van der Waals surface area contributed by atoms with Crippen LogP contribution >= 0.6 is 0 Å². The molecule has 1 amide bonds. The third-order valence-electron chi connectivity index (χ3n) is 1.84. The molecule has 0 fully saturated rings. The Hall–Kier alpha value is -2.88. The molecular weight excluding hydrogens is 232 g/mol. The standard InChI is InChI=1S/C11H12N6O/c1-7(18)15-8-3-2-4-9(5-8)16-17-10(6-12)11(13)14/h2-5,16H,1H3,(H3,13,14)(H,15,18)/b17-10+. The number of nitriles is 1. The number of nitrogens with zero attached hydrogens (tertiary/aromatic N) is 2. The van der Waals surface area contributed by atoms with Crippen LogP contribution in [0.25, 0.3) is 0 Å². The minimum atomic E-state index is -0.414. The summed E-state index contributed by atoms with van der Waals surface area (Å²) < 4.78 is 0. The van der Waals surface area contributed by atoms with Gasteiger partial charge in [-0.2, -0.15) is 10.4 Å². The number of amides is 1. The van der Waals surface area contributed by atoms with Crippen LogP contribution in [0.3, 0.4) is 0 Å². The lowest BCUT2D eigenvalue weighted by molar-refractivity contribution is -0.114. The van der Waals surface area contributed by atoms with E-state index in [1.165, 1.54) is 6.92 Å². The summed E-state index contributed by atoms with van der Waals surface area (Å²) in [4.78, 5) is 10.9. The summed E-state index contributed by atoms with van der Waals surface area (Å²) in [6.07, 6.45) is 0.